The van der Waals surface area contributed by atoms with E-state index in [1.54, 1.807) is 0 Å². The molecular weight excluding hydrogens is 279 g/mol. The maximum Gasteiger partial charge on any atom is 0.238 e. The number of nitrogens with one attached hydrogen (secondary N) is 1. The van der Waals surface area contributed by atoms with E-state index >= 15 is 0 Å². The summed E-state index contributed by atoms with van der Waals surface area (Å²) in [5.41, 5.74) is 0.139. The van der Waals surface area contributed by atoms with Crippen LogP contribution < -0.4 is 5.32 Å². The van der Waals surface area contributed by atoms with Gasteiger partial charge in [0.05, 0.1) is 12.2 Å². The van der Waals surface area contributed by atoms with Crippen LogP contribution in [0.4, 0.5) is 10.1 Å². The highest BCUT2D eigenvalue weighted by Crippen LogP contribution is 2.22. The van der Waals surface area contributed by atoms with E-state index in [4.69, 9.17) is 11.6 Å². The number of likely N-dealkylation sites (tertiary alicyclic amines) is 1. The maximum absolute atomic E-state index is 13.5. The number of hydrogen-bond donors (Lipinski definition) is 1. The first kappa shape index (κ1) is 15.3. The van der Waals surface area contributed by atoms with Crippen LogP contribution in [-0.4, -0.2) is 30.4 Å². The monoisotopic (exact) mass is 298 g/mol. The van der Waals surface area contributed by atoms with E-state index in [1.807, 2.05) is 0 Å². The van der Waals surface area contributed by atoms with Gasteiger partial charge in [0.1, 0.15) is 5.82 Å². The number of carbonyl (C=O) groups is 1. The van der Waals surface area contributed by atoms with Gasteiger partial charge in [-0.2, -0.15) is 0 Å². The summed E-state index contributed by atoms with van der Waals surface area (Å²) >= 11 is 5.80. The lowest BCUT2D eigenvalue weighted by Crippen LogP contribution is -2.42. The van der Waals surface area contributed by atoms with Crippen LogP contribution in [0.1, 0.15) is 20.3 Å². The lowest BCUT2D eigenvalue weighted by molar-refractivity contribution is -0.117. The van der Waals surface area contributed by atoms with Crippen LogP contribution in [0.2, 0.25) is 5.02 Å². The summed E-state index contributed by atoms with van der Waals surface area (Å²) in [4.78, 5) is 14.1. The van der Waals surface area contributed by atoms with Gasteiger partial charge in [0.25, 0.3) is 0 Å². The van der Waals surface area contributed by atoms with Gasteiger partial charge >= 0.3 is 0 Å². The van der Waals surface area contributed by atoms with Crippen molar-refractivity contribution < 1.29 is 9.18 Å². The first-order valence-corrected chi connectivity index (χ1v) is 7.29. The molecule has 1 aromatic rings. The highest BCUT2D eigenvalue weighted by Gasteiger charge is 2.23. The van der Waals surface area contributed by atoms with Crippen molar-refractivity contribution in [3.63, 3.8) is 0 Å². The maximum atomic E-state index is 13.5. The smallest absolute Gasteiger partial charge is 0.238 e. The molecule has 1 fully saturated rings. The molecule has 1 aromatic carbocycles. The van der Waals surface area contributed by atoms with Crippen molar-refractivity contribution in [3.05, 3.63) is 29.0 Å². The van der Waals surface area contributed by atoms with Gasteiger partial charge in [-0.05, 0) is 36.5 Å². The van der Waals surface area contributed by atoms with Crippen LogP contribution in [0.5, 0.6) is 0 Å². The van der Waals surface area contributed by atoms with Gasteiger partial charge in [-0.3, -0.25) is 9.69 Å². The largest absolute Gasteiger partial charge is 0.322 e. The standard InChI is InChI=1S/C15H20ClFN2O/c1-10-5-11(2)8-19(7-10)9-15(20)18-14-6-12(16)3-4-13(14)17/h3-4,6,10-11H,5,7-9H2,1-2H3,(H,18,20). The molecule has 1 amide bonds. The van der Waals surface area contributed by atoms with Gasteiger partial charge in [-0.25, -0.2) is 4.39 Å². The van der Waals surface area contributed by atoms with Crippen LogP contribution in [0.15, 0.2) is 18.2 Å². The Bertz CT molecular complexity index is 485. The summed E-state index contributed by atoms with van der Waals surface area (Å²) in [7, 11) is 0. The second-order valence-corrected chi connectivity index (χ2v) is 6.25. The van der Waals surface area contributed by atoms with Crippen molar-refractivity contribution in [3.8, 4) is 0 Å². The van der Waals surface area contributed by atoms with Crippen molar-refractivity contribution in [1.29, 1.82) is 0 Å². The number of carbonyl (C=O) groups excluding carboxylic acids is 1. The summed E-state index contributed by atoms with van der Waals surface area (Å²) in [5, 5.41) is 2.99. The molecule has 0 saturated carbocycles. The third-order valence-corrected chi connectivity index (χ3v) is 3.75. The summed E-state index contributed by atoms with van der Waals surface area (Å²) < 4.78 is 13.5. The van der Waals surface area contributed by atoms with E-state index in [2.05, 4.69) is 24.1 Å². The third kappa shape index (κ3) is 4.18. The van der Waals surface area contributed by atoms with Gasteiger partial charge in [-0.1, -0.05) is 25.4 Å². The average molecular weight is 299 g/mol. The Kier molecular flexibility index (Phi) is 5.00. The number of piperidine rings is 1. The molecule has 0 aromatic heterocycles. The average Bonchev–Trinajstić information content (AvgIpc) is 2.32. The lowest BCUT2D eigenvalue weighted by atomic mass is 9.92. The quantitative estimate of drug-likeness (QED) is 0.927. The number of rotatable bonds is 3. The highest BCUT2D eigenvalue weighted by molar-refractivity contribution is 6.30. The minimum Gasteiger partial charge on any atom is -0.322 e. The molecule has 0 bridgehead atoms. The molecule has 1 heterocycles. The molecule has 1 N–H and O–H groups in total. The van der Waals surface area contributed by atoms with Crippen molar-refractivity contribution in [2.24, 2.45) is 11.8 Å². The molecule has 2 unspecified atom stereocenters. The van der Waals surface area contributed by atoms with E-state index in [1.165, 1.54) is 24.6 Å². The van der Waals surface area contributed by atoms with E-state index < -0.39 is 5.82 Å². The molecule has 2 atom stereocenters. The molecule has 5 heteroatoms. The van der Waals surface area contributed by atoms with Crippen molar-refractivity contribution in [2.75, 3.05) is 25.0 Å². The first-order chi connectivity index (χ1) is 9.44. The Morgan fingerprint density at radius 1 is 1.40 bits per heavy atom. The van der Waals surface area contributed by atoms with Gasteiger partial charge in [0.15, 0.2) is 0 Å². The number of nitrogens with zero attached hydrogens (tertiary/aromatic N) is 1. The molecule has 2 rings (SSSR count). The molecule has 0 radical (unpaired) electrons. The van der Waals surface area contributed by atoms with Gasteiger partial charge in [-0.15, -0.1) is 0 Å². The molecule has 1 aliphatic rings. The fourth-order valence-electron chi connectivity index (χ4n) is 2.91. The van der Waals surface area contributed by atoms with E-state index in [-0.39, 0.29) is 11.6 Å². The van der Waals surface area contributed by atoms with Crippen LogP contribution in [0.3, 0.4) is 0 Å². The van der Waals surface area contributed by atoms with Crippen LogP contribution in [0, 0.1) is 17.7 Å². The van der Waals surface area contributed by atoms with Crippen molar-refractivity contribution in [2.45, 2.75) is 20.3 Å². The predicted molar refractivity (Wildman–Crippen MR) is 79.4 cm³/mol. The van der Waals surface area contributed by atoms with Crippen LogP contribution >= 0.6 is 11.6 Å². The summed E-state index contributed by atoms with van der Waals surface area (Å²) in [5.74, 6) is 0.513. The van der Waals surface area contributed by atoms with Gasteiger partial charge in [0, 0.05) is 18.1 Å². The highest BCUT2D eigenvalue weighted by atomic mass is 35.5. The van der Waals surface area contributed by atoms with Gasteiger partial charge < -0.3 is 5.32 Å². The molecule has 1 aliphatic heterocycles. The first-order valence-electron chi connectivity index (χ1n) is 6.91. The zero-order valence-electron chi connectivity index (χ0n) is 11.8. The molecule has 3 nitrogen and oxygen atoms in total. The third-order valence-electron chi connectivity index (χ3n) is 3.51. The summed E-state index contributed by atoms with van der Waals surface area (Å²) in [6.45, 7) is 6.50. The Morgan fingerprint density at radius 3 is 2.70 bits per heavy atom. The Balaban J connectivity index is 1.93. The molecular formula is C15H20ClFN2O. The fraction of sp³-hybridized carbons (Fsp3) is 0.533. The Labute approximate surface area is 124 Å². The number of halogens is 2. The second kappa shape index (κ2) is 6.55. The second-order valence-electron chi connectivity index (χ2n) is 5.81. The predicted octanol–water partition coefficient (Wildman–Crippen LogP) is 3.40. The summed E-state index contributed by atoms with van der Waals surface area (Å²) in [6, 6.07) is 4.14. The van der Waals surface area contributed by atoms with Crippen LogP contribution in [-0.2, 0) is 4.79 Å². The Hall–Kier alpha value is -1.13. The SMILES string of the molecule is CC1CC(C)CN(CC(=O)Nc2cc(Cl)ccc2F)C1. The number of benzene rings is 1. The number of hydrogen-bond acceptors (Lipinski definition) is 2. The topological polar surface area (TPSA) is 32.3 Å². The van der Waals surface area contributed by atoms with E-state index in [0.29, 0.717) is 23.4 Å². The number of amides is 1. The molecule has 110 valence electrons. The normalized spacial score (nSPS) is 23.6. The van der Waals surface area contributed by atoms with Crippen molar-refractivity contribution in [1.82, 2.24) is 4.90 Å². The molecule has 1 saturated heterocycles. The fourth-order valence-corrected chi connectivity index (χ4v) is 3.08. The van der Waals surface area contributed by atoms with E-state index in [9.17, 15) is 9.18 Å². The molecule has 0 spiro atoms. The lowest BCUT2D eigenvalue weighted by Gasteiger charge is -2.34. The van der Waals surface area contributed by atoms with E-state index in [0.717, 1.165) is 13.1 Å². The molecule has 20 heavy (non-hydrogen) atoms. The number of anilines is 1. The summed E-state index contributed by atoms with van der Waals surface area (Å²) in [6.07, 6.45) is 1.20. The van der Waals surface area contributed by atoms with Crippen LogP contribution in [0.25, 0.3) is 0 Å². The minimum atomic E-state index is -0.469. The van der Waals surface area contributed by atoms with Gasteiger partial charge in [0.2, 0.25) is 5.91 Å². The zero-order valence-corrected chi connectivity index (χ0v) is 12.6. The molecule has 0 aliphatic carbocycles. The minimum absolute atomic E-state index is 0.139. The van der Waals surface area contributed by atoms with Crippen molar-refractivity contribution >= 4 is 23.2 Å². The Morgan fingerprint density at radius 2 is 2.05 bits per heavy atom. The zero-order chi connectivity index (χ0) is 14.7.